The largest absolute Gasteiger partial charge is 0.497 e. The van der Waals surface area contributed by atoms with Crippen LogP contribution in [-0.4, -0.2) is 29.5 Å². The zero-order valence-electron chi connectivity index (χ0n) is 12.0. The summed E-state index contributed by atoms with van der Waals surface area (Å²) < 4.78 is 5.13. The van der Waals surface area contributed by atoms with Crippen LogP contribution in [0.1, 0.15) is 11.1 Å². The van der Waals surface area contributed by atoms with E-state index >= 15 is 0 Å². The van der Waals surface area contributed by atoms with E-state index in [-0.39, 0.29) is 12.3 Å². The van der Waals surface area contributed by atoms with Gasteiger partial charge in [0, 0.05) is 5.56 Å². The third-order valence-corrected chi connectivity index (χ3v) is 3.38. The summed E-state index contributed by atoms with van der Waals surface area (Å²) >= 11 is 0. The van der Waals surface area contributed by atoms with Crippen LogP contribution in [0.3, 0.4) is 0 Å². The number of rotatable bonds is 4. The number of nitrogens with zero attached hydrogens (tertiary/aromatic N) is 2. The highest BCUT2D eigenvalue weighted by Gasteiger charge is 2.34. The number of hydrogen-bond donors (Lipinski definition) is 0. The second-order valence-electron chi connectivity index (χ2n) is 4.86. The number of ether oxygens (including phenoxy) is 1. The first-order valence-corrected chi connectivity index (χ1v) is 6.82. The predicted octanol–water partition coefficient (Wildman–Crippen LogP) is 2.01. The Morgan fingerprint density at radius 1 is 1.05 bits per heavy atom. The summed E-state index contributed by atoms with van der Waals surface area (Å²) in [5.41, 5.74) is 1.65. The molecule has 1 amide bonds. The number of ketones is 1. The number of carbonyl (C=O) groups excluding carboxylic acids is 2. The summed E-state index contributed by atoms with van der Waals surface area (Å²) in [6.45, 7) is 0.277. The van der Waals surface area contributed by atoms with E-state index in [1.807, 2.05) is 30.3 Å². The molecule has 0 bridgehead atoms. The predicted molar refractivity (Wildman–Crippen MR) is 81.5 cm³/mol. The summed E-state index contributed by atoms with van der Waals surface area (Å²) in [4.78, 5) is 24.2. The molecule has 0 aliphatic carbocycles. The number of Topliss-reactive ketones (excluding diaryl/α,β-unsaturated/α-hetero) is 1. The molecule has 0 fully saturated rings. The molecule has 5 nitrogen and oxygen atoms in total. The number of carbonyl (C=O) groups is 2. The number of hydrogen-bond acceptors (Lipinski definition) is 4. The van der Waals surface area contributed by atoms with Crippen molar-refractivity contribution < 1.29 is 14.3 Å². The maximum atomic E-state index is 12.1. The van der Waals surface area contributed by atoms with Gasteiger partial charge in [0.1, 0.15) is 11.5 Å². The van der Waals surface area contributed by atoms with Crippen LogP contribution in [0.15, 0.2) is 59.7 Å². The van der Waals surface area contributed by atoms with Gasteiger partial charge in [-0.15, -0.1) is 0 Å². The molecule has 3 rings (SSSR count). The first-order chi connectivity index (χ1) is 10.7. The Hall–Kier alpha value is -2.95. The standard InChI is InChI=1S/C17H14N2O3/c1-22-14-9-5-8-13(10-14)15-16(20)17(21)19(18-15)11-12-6-3-2-4-7-12/h2-10H,11H2,1H3. The van der Waals surface area contributed by atoms with E-state index in [1.54, 1.807) is 31.4 Å². The lowest BCUT2D eigenvalue weighted by Crippen LogP contribution is -2.27. The number of methoxy groups -OCH3 is 1. The molecule has 1 heterocycles. The third-order valence-electron chi connectivity index (χ3n) is 3.38. The van der Waals surface area contributed by atoms with Crippen LogP contribution in [-0.2, 0) is 16.1 Å². The first-order valence-electron chi connectivity index (χ1n) is 6.82. The Bertz CT molecular complexity index is 754. The number of hydrazone groups is 1. The van der Waals surface area contributed by atoms with Gasteiger partial charge in [0.15, 0.2) is 0 Å². The van der Waals surface area contributed by atoms with E-state index < -0.39 is 11.7 Å². The van der Waals surface area contributed by atoms with Crippen LogP contribution in [0, 0.1) is 0 Å². The van der Waals surface area contributed by atoms with Gasteiger partial charge in [-0.3, -0.25) is 9.59 Å². The Balaban J connectivity index is 1.89. The van der Waals surface area contributed by atoms with E-state index in [1.165, 1.54) is 5.01 Å². The van der Waals surface area contributed by atoms with Gasteiger partial charge < -0.3 is 4.74 Å². The maximum absolute atomic E-state index is 12.1. The summed E-state index contributed by atoms with van der Waals surface area (Å²) in [6, 6.07) is 16.4. The molecule has 0 unspecified atom stereocenters. The van der Waals surface area contributed by atoms with Crippen LogP contribution in [0.4, 0.5) is 0 Å². The monoisotopic (exact) mass is 294 g/mol. The van der Waals surface area contributed by atoms with Crippen LogP contribution >= 0.6 is 0 Å². The summed E-state index contributed by atoms with van der Waals surface area (Å²) in [5.74, 6) is -0.590. The Morgan fingerprint density at radius 3 is 2.55 bits per heavy atom. The second-order valence-corrected chi connectivity index (χ2v) is 4.86. The van der Waals surface area contributed by atoms with E-state index in [0.717, 1.165) is 5.56 Å². The highest BCUT2D eigenvalue weighted by molar-refractivity contribution is 6.69. The molecule has 0 spiro atoms. The van der Waals surface area contributed by atoms with Gasteiger partial charge >= 0.3 is 5.91 Å². The van der Waals surface area contributed by atoms with Crippen molar-refractivity contribution in [1.82, 2.24) is 5.01 Å². The van der Waals surface area contributed by atoms with Gasteiger partial charge in [-0.1, -0.05) is 42.5 Å². The van der Waals surface area contributed by atoms with Crippen molar-refractivity contribution in [1.29, 1.82) is 0 Å². The lowest BCUT2D eigenvalue weighted by Gasteiger charge is -2.10. The van der Waals surface area contributed by atoms with Crippen molar-refractivity contribution in [2.45, 2.75) is 6.54 Å². The van der Waals surface area contributed by atoms with Crippen LogP contribution in [0.2, 0.25) is 0 Å². The van der Waals surface area contributed by atoms with Gasteiger partial charge in [-0.2, -0.15) is 5.10 Å². The van der Waals surface area contributed by atoms with Crippen molar-refractivity contribution in [3.63, 3.8) is 0 Å². The molecule has 110 valence electrons. The number of benzene rings is 2. The molecule has 0 radical (unpaired) electrons. The fourth-order valence-electron chi connectivity index (χ4n) is 2.25. The Morgan fingerprint density at radius 2 is 1.82 bits per heavy atom. The van der Waals surface area contributed by atoms with E-state index in [2.05, 4.69) is 5.10 Å². The maximum Gasteiger partial charge on any atom is 0.317 e. The molecule has 5 heteroatoms. The first kappa shape index (κ1) is 14.0. The van der Waals surface area contributed by atoms with Crippen molar-refractivity contribution in [2.75, 3.05) is 7.11 Å². The normalized spacial score (nSPS) is 14.2. The Kier molecular flexibility index (Phi) is 3.70. The van der Waals surface area contributed by atoms with E-state index in [0.29, 0.717) is 11.3 Å². The second kappa shape index (κ2) is 5.81. The highest BCUT2D eigenvalue weighted by atomic mass is 16.5. The fraction of sp³-hybridized carbons (Fsp3) is 0.118. The van der Waals surface area contributed by atoms with E-state index in [9.17, 15) is 9.59 Å². The van der Waals surface area contributed by atoms with Crippen molar-refractivity contribution in [3.05, 3.63) is 65.7 Å². The molecule has 0 atom stereocenters. The summed E-state index contributed by atoms with van der Waals surface area (Å²) in [5, 5.41) is 5.39. The molecule has 1 aliphatic heterocycles. The van der Waals surface area contributed by atoms with Gasteiger partial charge in [0.2, 0.25) is 0 Å². The van der Waals surface area contributed by atoms with Crippen molar-refractivity contribution in [3.8, 4) is 5.75 Å². The lowest BCUT2D eigenvalue weighted by molar-refractivity contribution is -0.140. The topological polar surface area (TPSA) is 59.0 Å². The highest BCUT2D eigenvalue weighted by Crippen LogP contribution is 2.19. The molecular formula is C17H14N2O3. The van der Waals surface area contributed by atoms with Crippen LogP contribution in [0.25, 0.3) is 0 Å². The minimum atomic E-state index is -0.610. The zero-order valence-corrected chi connectivity index (χ0v) is 12.0. The molecular weight excluding hydrogens is 280 g/mol. The van der Waals surface area contributed by atoms with E-state index in [4.69, 9.17) is 4.74 Å². The molecule has 2 aromatic carbocycles. The molecule has 0 aromatic heterocycles. The minimum absolute atomic E-state index is 0.153. The van der Waals surface area contributed by atoms with Gasteiger partial charge in [-0.25, -0.2) is 5.01 Å². The quantitative estimate of drug-likeness (QED) is 0.810. The van der Waals surface area contributed by atoms with Crippen LogP contribution in [0.5, 0.6) is 5.75 Å². The lowest BCUT2D eigenvalue weighted by atomic mass is 10.1. The average molecular weight is 294 g/mol. The number of amides is 1. The van der Waals surface area contributed by atoms with Gasteiger partial charge in [0.25, 0.3) is 5.78 Å². The summed E-state index contributed by atoms with van der Waals surface area (Å²) in [7, 11) is 1.55. The average Bonchev–Trinajstić information content (AvgIpc) is 2.84. The molecule has 0 N–H and O–H groups in total. The van der Waals surface area contributed by atoms with Crippen molar-refractivity contribution >= 4 is 17.4 Å². The van der Waals surface area contributed by atoms with Crippen LogP contribution < -0.4 is 4.74 Å². The zero-order chi connectivity index (χ0) is 15.5. The van der Waals surface area contributed by atoms with Gasteiger partial charge in [0.05, 0.1) is 13.7 Å². The molecule has 0 saturated heterocycles. The smallest absolute Gasteiger partial charge is 0.317 e. The fourth-order valence-corrected chi connectivity index (χ4v) is 2.25. The Labute approximate surface area is 127 Å². The molecule has 0 saturated carbocycles. The SMILES string of the molecule is COc1cccc(C2=NN(Cc3ccccc3)C(=O)C2=O)c1. The van der Waals surface area contributed by atoms with Gasteiger partial charge in [-0.05, 0) is 17.7 Å². The minimum Gasteiger partial charge on any atom is -0.497 e. The molecule has 2 aromatic rings. The van der Waals surface area contributed by atoms with Crippen molar-refractivity contribution in [2.24, 2.45) is 5.10 Å². The molecule has 22 heavy (non-hydrogen) atoms. The third kappa shape index (κ3) is 2.61. The summed E-state index contributed by atoms with van der Waals surface area (Å²) in [6.07, 6.45) is 0. The molecule has 1 aliphatic rings.